The summed E-state index contributed by atoms with van der Waals surface area (Å²) in [4.78, 5) is 14.3. The highest BCUT2D eigenvalue weighted by Crippen LogP contribution is 2.33. The van der Waals surface area contributed by atoms with Gasteiger partial charge in [-0.2, -0.15) is 0 Å². The molecule has 1 aliphatic carbocycles. The molecule has 0 heterocycles. The maximum absolute atomic E-state index is 11.9. The number of thiocarbonyl (C=S) groups is 1. The van der Waals surface area contributed by atoms with Crippen LogP contribution in [0.15, 0.2) is 0 Å². The maximum Gasteiger partial charge on any atom is 0.223 e. The third kappa shape index (κ3) is 4.60. The van der Waals surface area contributed by atoms with Gasteiger partial charge in [0.15, 0.2) is 0 Å². The number of nitrogens with zero attached hydrogens (tertiary/aromatic N) is 1. The van der Waals surface area contributed by atoms with Gasteiger partial charge in [-0.25, -0.2) is 0 Å². The van der Waals surface area contributed by atoms with Crippen LogP contribution in [0.1, 0.15) is 39.5 Å². The minimum atomic E-state index is 0.241. The molecule has 1 amide bonds. The van der Waals surface area contributed by atoms with Crippen LogP contribution in [-0.4, -0.2) is 28.4 Å². The highest BCUT2D eigenvalue weighted by molar-refractivity contribution is 7.80. The van der Waals surface area contributed by atoms with Crippen molar-refractivity contribution in [2.75, 3.05) is 6.54 Å². The number of rotatable bonds is 6. The zero-order valence-electron chi connectivity index (χ0n) is 9.53. The van der Waals surface area contributed by atoms with Gasteiger partial charge in [0.05, 0.1) is 4.99 Å². The molecule has 15 heavy (non-hydrogen) atoms. The summed E-state index contributed by atoms with van der Waals surface area (Å²) in [5, 5.41) is 0. The second-order valence-corrected chi connectivity index (χ2v) is 5.07. The van der Waals surface area contributed by atoms with E-state index in [0.717, 1.165) is 0 Å². The van der Waals surface area contributed by atoms with Gasteiger partial charge < -0.3 is 10.6 Å². The zero-order chi connectivity index (χ0) is 11.4. The van der Waals surface area contributed by atoms with Crippen molar-refractivity contribution >= 4 is 23.1 Å². The van der Waals surface area contributed by atoms with Crippen molar-refractivity contribution in [1.29, 1.82) is 0 Å². The first-order chi connectivity index (χ1) is 7.00. The van der Waals surface area contributed by atoms with E-state index in [-0.39, 0.29) is 11.9 Å². The Kier molecular flexibility index (Phi) is 4.51. The van der Waals surface area contributed by atoms with Gasteiger partial charge in [0.2, 0.25) is 5.91 Å². The molecular formula is C11H20N2OS. The van der Waals surface area contributed by atoms with Crippen molar-refractivity contribution in [2.45, 2.75) is 45.6 Å². The van der Waals surface area contributed by atoms with Crippen LogP contribution in [-0.2, 0) is 4.79 Å². The lowest BCUT2D eigenvalue weighted by Crippen LogP contribution is -2.39. The summed E-state index contributed by atoms with van der Waals surface area (Å²) < 4.78 is 0. The smallest absolute Gasteiger partial charge is 0.223 e. The van der Waals surface area contributed by atoms with E-state index in [2.05, 4.69) is 0 Å². The molecule has 3 nitrogen and oxygen atoms in total. The maximum atomic E-state index is 11.9. The Labute approximate surface area is 97.0 Å². The number of carbonyl (C=O) groups excluding carboxylic acids is 1. The molecule has 0 radical (unpaired) electrons. The van der Waals surface area contributed by atoms with E-state index in [1.54, 1.807) is 0 Å². The van der Waals surface area contributed by atoms with Crippen LogP contribution < -0.4 is 5.73 Å². The lowest BCUT2D eigenvalue weighted by atomic mass is 10.2. The first-order valence-electron chi connectivity index (χ1n) is 5.58. The molecule has 1 saturated carbocycles. The summed E-state index contributed by atoms with van der Waals surface area (Å²) >= 11 is 4.83. The molecule has 0 atom stereocenters. The SMILES string of the molecule is CC(C)N(CCC(N)=S)C(=O)CC1CC1. The van der Waals surface area contributed by atoms with Gasteiger partial charge in [0.25, 0.3) is 0 Å². The first kappa shape index (κ1) is 12.4. The second kappa shape index (κ2) is 5.45. The van der Waals surface area contributed by atoms with Gasteiger partial charge in [-0.1, -0.05) is 12.2 Å². The van der Waals surface area contributed by atoms with Gasteiger partial charge in [0, 0.05) is 25.4 Å². The van der Waals surface area contributed by atoms with Gasteiger partial charge in [-0.05, 0) is 32.6 Å². The van der Waals surface area contributed by atoms with Crippen molar-refractivity contribution in [3.05, 3.63) is 0 Å². The van der Waals surface area contributed by atoms with Crippen molar-refractivity contribution < 1.29 is 4.79 Å². The van der Waals surface area contributed by atoms with Gasteiger partial charge in [-0.3, -0.25) is 4.79 Å². The number of amides is 1. The summed E-state index contributed by atoms with van der Waals surface area (Å²) in [5.74, 6) is 0.896. The monoisotopic (exact) mass is 228 g/mol. The van der Waals surface area contributed by atoms with E-state index in [4.69, 9.17) is 18.0 Å². The minimum Gasteiger partial charge on any atom is -0.393 e. The van der Waals surface area contributed by atoms with Crippen LogP contribution in [0.4, 0.5) is 0 Å². The molecule has 0 bridgehead atoms. The summed E-state index contributed by atoms with van der Waals surface area (Å²) in [6, 6.07) is 0.241. The summed E-state index contributed by atoms with van der Waals surface area (Å²) in [6.07, 6.45) is 3.76. The van der Waals surface area contributed by atoms with Crippen molar-refractivity contribution in [3.63, 3.8) is 0 Å². The Morgan fingerprint density at radius 3 is 2.53 bits per heavy atom. The molecule has 0 saturated heterocycles. The van der Waals surface area contributed by atoms with Gasteiger partial charge in [-0.15, -0.1) is 0 Å². The minimum absolute atomic E-state index is 0.241. The predicted molar refractivity (Wildman–Crippen MR) is 65.6 cm³/mol. The zero-order valence-corrected chi connectivity index (χ0v) is 10.3. The van der Waals surface area contributed by atoms with Gasteiger partial charge in [0.1, 0.15) is 0 Å². The quantitative estimate of drug-likeness (QED) is 0.704. The molecule has 1 aliphatic rings. The fourth-order valence-electron chi connectivity index (χ4n) is 1.59. The average Bonchev–Trinajstić information content (AvgIpc) is 2.87. The third-order valence-corrected chi connectivity index (χ3v) is 2.91. The molecule has 0 unspecified atom stereocenters. The molecule has 4 heteroatoms. The first-order valence-corrected chi connectivity index (χ1v) is 5.99. The molecule has 2 N–H and O–H groups in total. The Morgan fingerprint density at radius 1 is 1.53 bits per heavy atom. The third-order valence-electron chi connectivity index (χ3n) is 2.70. The van der Waals surface area contributed by atoms with Crippen molar-refractivity contribution in [2.24, 2.45) is 11.7 Å². The van der Waals surface area contributed by atoms with Crippen LogP contribution >= 0.6 is 12.2 Å². The molecule has 0 aromatic carbocycles. The molecule has 1 rings (SSSR count). The van der Waals surface area contributed by atoms with Crippen molar-refractivity contribution in [3.8, 4) is 0 Å². The topological polar surface area (TPSA) is 46.3 Å². The largest absolute Gasteiger partial charge is 0.393 e. The molecule has 0 aliphatic heterocycles. The molecule has 1 fully saturated rings. The fourth-order valence-corrected chi connectivity index (χ4v) is 1.68. The normalized spacial score (nSPS) is 15.4. The van der Waals surface area contributed by atoms with Crippen LogP contribution in [0.3, 0.4) is 0 Å². The predicted octanol–water partition coefficient (Wildman–Crippen LogP) is 1.70. The summed E-state index contributed by atoms with van der Waals surface area (Å²) in [7, 11) is 0. The van der Waals surface area contributed by atoms with Crippen LogP contribution in [0.2, 0.25) is 0 Å². The van der Waals surface area contributed by atoms with Crippen LogP contribution in [0.25, 0.3) is 0 Å². The molecule has 0 aromatic rings. The van der Waals surface area contributed by atoms with E-state index in [9.17, 15) is 4.79 Å². The molecule has 86 valence electrons. The molecule has 0 aromatic heterocycles. The van der Waals surface area contributed by atoms with Gasteiger partial charge >= 0.3 is 0 Å². The number of nitrogens with two attached hydrogens (primary N) is 1. The summed E-state index contributed by atoms with van der Waals surface area (Å²) in [5.41, 5.74) is 5.45. The standard InChI is InChI=1S/C11H20N2OS/c1-8(2)13(6-5-10(12)15)11(14)7-9-3-4-9/h8-9H,3-7H2,1-2H3,(H2,12,15). The molecule has 0 spiro atoms. The van der Waals surface area contributed by atoms with E-state index in [0.29, 0.717) is 30.3 Å². The Bertz CT molecular complexity index is 249. The van der Waals surface area contributed by atoms with Crippen LogP contribution in [0.5, 0.6) is 0 Å². The number of hydrogen-bond donors (Lipinski definition) is 1. The second-order valence-electron chi connectivity index (χ2n) is 4.54. The van der Waals surface area contributed by atoms with E-state index < -0.39 is 0 Å². The van der Waals surface area contributed by atoms with Crippen LogP contribution in [0, 0.1) is 5.92 Å². The van der Waals surface area contributed by atoms with E-state index in [1.807, 2.05) is 18.7 Å². The lowest BCUT2D eigenvalue weighted by Gasteiger charge is -2.26. The fraction of sp³-hybridized carbons (Fsp3) is 0.818. The number of hydrogen-bond acceptors (Lipinski definition) is 2. The highest BCUT2D eigenvalue weighted by atomic mass is 32.1. The Balaban J connectivity index is 2.40. The van der Waals surface area contributed by atoms with E-state index >= 15 is 0 Å². The Morgan fingerprint density at radius 2 is 2.13 bits per heavy atom. The average molecular weight is 228 g/mol. The highest BCUT2D eigenvalue weighted by Gasteiger charge is 2.27. The Hall–Kier alpha value is -0.640. The molecular weight excluding hydrogens is 208 g/mol. The van der Waals surface area contributed by atoms with E-state index in [1.165, 1.54) is 12.8 Å². The summed E-state index contributed by atoms with van der Waals surface area (Å²) in [6.45, 7) is 4.73. The lowest BCUT2D eigenvalue weighted by molar-refractivity contribution is -0.133. The number of carbonyl (C=O) groups is 1. The van der Waals surface area contributed by atoms with Crippen molar-refractivity contribution in [1.82, 2.24) is 4.90 Å².